The number of aliphatic hydroxyl groups is 1. The first kappa shape index (κ1) is 10.7. The molecule has 2 N–H and O–H groups in total. The zero-order valence-corrected chi connectivity index (χ0v) is 7.83. The highest BCUT2D eigenvalue weighted by Gasteiger charge is 2.05. The Kier molecular flexibility index (Phi) is 3.59. The highest BCUT2D eigenvalue weighted by atomic mass is 19.1. The number of anilines is 1. The topological polar surface area (TPSA) is 49.3 Å². The molecule has 0 aliphatic rings. The van der Waals surface area contributed by atoms with Crippen LogP contribution in [0.1, 0.15) is 18.6 Å². The van der Waals surface area contributed by atoms with E-state index in [2.05, 4.69) is 5.32 Å². The number of halogens is 1. The molecule has 0 spiro atoms. The van der Waals surface area contributed by atoms with Crippen molar-refractivity contribution in [2.24, 2.45) is 0 Å². The van der Waals surface area contributed by atoms with Crippen LogP contribution in [-0.4, -0.2) is 17.7 Å². The summed E-state index contributed by atoms with van der Waals surface area (Å²) in [5, 5.41) is 11.7. The predicted molar refractivity (Wildman–Crippen MR) is 51.7 cm³/mol. The zero-order valence-electron chi connectivity index (χ0n) is 7.83. The lowest BCUT2D eigenvalue weighted by molar-refractivity contribution is -0.114. The highest BCUT2D eigenvalue weighted by molar-refractivity contribution is 5.88. The van der Waals surface area contributed by atoms with Gasteiger partial charge in [0.2, 0.25) is 5.91 Å². The van der Waals surface area contributed by atoms with Crippen molar-refractivity contribution in [2.45, 2.75) is 13.0 Å². The van der Waals surface area contributed by atoms with Gasteiger partial charge in [-0.3, -0.25) is 4.79 Å². The lowest BCUT2D eigenvalue weighted by Crippen LogP contribution is -2.06. The minimum atomic E-state index is -1.08. The van der Waals surface area contributed by atoms with Crippen LogP contribution >= 0.6 is 0 Å². The smallest absolute Gasteiger partial charge is 0.221 e. The molecule has 4 heteroatoms. The summed E-state index contributed by atoms with van der Waals surface area (Å²) in [5.41, 5.74) is 1.13. The van der Waals surface area contributed by atoms with Crippen molar-refractivity contribution in [1.82, 2.24) is 0 Å². The molecule has 0 saturated carbocycles. The molecular formula is C10H12FNO2. The van der Waals surface area contributed by atoms with E-state index in [9.17, 15) is 9.18 Å². The Hall–Kier alpha value is -1.42. The molecule has 3 nitrogen and oxygen atoms in total. The van der Waals surface area contributed by atoms with Gasteiger partial charge < -0.3 is 10.4 Å². The number of hydrogen-bond acceptors (Lipinski definition) is 2. The Labute approximate surface area is 81.6 Å². The summed E-state index contributed by atoms with van der Waals surface area (Å²) in [4.78, 5) is 10.7. The van der Waals surface area contributed by atoms with Gasteiger partial charge in [-0.1, -0.05) is 12.1 Å². The van der Waals surface area contributed by atoms with Crippen LogP contribution in [0.5, 0.6) is 0 Å². The molecule has 0 radical (unpaired) electrons. The van der Waals surface area contributed by atoms with Gasteiger partial charge >= 0.3 is 0 Å². The second-order valence-electron chi connectivity index (χ2n) is 2.97. The molecular weight excluding hydrogens is 185 g/mol. The van der Waals surface area contributed by atoms with E-state index in [4.69, 9.17) is 5.11 Å². The van der Waals surface area contributed by atoms with Crippen LogP contribution in [0.3, 0.4) is 0 Å². The lowest BCUT2D eigenvalue weighted by atomic mass is 10.1. The molecule has 0 heterocycles. The lowest BCUT2D eigenvalue weighted by Gasteiger charge is -2.07. The van der Waals surface area contributed by atoms with Gasteiger partial charge in [0.05, 0.1) is 0 Å². The van der Waals surface area contributed by atoms with Crippen molar-refractivity contribution in [3.05, 3.63) is 29.8 Å². The second-order valence-corrected chi connectivity index (χ2v) is 2.97. The van der Waals surface area contributed by atoms with Crippen LogP contribution < -0.4 is 5.32 Å². The van der Waals surface area contributed by atoms with E-state index in [1.807, 2.05) is 0 Å². The predicted octanol–water partition coefficient (Wildman–Crippen LogP) is 1.65. The van der Waals surface area contributed by atoms with Gasteiger partial charge in [-0.05, 0) is 17.7 Å². The van der Waals surface area contributed by atoms with Crippen LogP contribution in [0.2, 0.25) is 0 Å². The molecule has 0 saturated heterocycles. The summed E-state index contributed by atoms with van der Waals surface area (Å²) in [7, 11) is 0. The average molecular weight is 197 g/mol. The maximum absolute atomic E-state index is 12.1. The molecule has 0 aliphatic carbocycles. The summed E-state index contributed by atoms with van der Waals surface area (Å²) in [6.07, 6.45) is -1.08. The molecule has 1 rings (SSSR count). The van der Waals surface area contributed by atoms with E-state index in [1.54, 1.807) is 24.3 Å². The molecule has 0 fully saturated rings. The van der Waals surface area contributed by atoms with Gasteiger partial charge in [0.25, 0.3) is 0 Å². The summed E-state index contributed by atoms with van der Waals surface area (Å²) in [5.74, 6) is -0.163. The SMILES string of the molecule is CC(=O)Nc1ccc(C(O)CF)cc1. The van der Waals surface area contributed by atoms with Gasteiger partial charge in [0, 0.05) is 12.6 Å². The number of nitrogens with one attached hydrogen (secondary N) is 1. The van der Waals surface area contributed by atoms with E-state index >= 15 is 0 Å². The van der Waals surface area contributed by atoms with Crippen molar-refractivity contribution < 1.29 is 14.3 Å². The van der Waals surface area contributed by atoms with Crippen molar-refractivity contribution >= 4 is 11.6 Å². The van der Waals surface area contributed by atoms with E-state index < -0.39 is 12.8 Å². The van der Waals surface area contributed by atoms with Crippen LogP contribution in [0, 0.1) is 0 Å². The van der Waals surface area contributed by atoms with Crippen molar-refractivity contribution in [2.75, 3.05) is 12.0 Å². The Balaban J connectivity index is 2.73. The quantitative estimate of drug-likeness (QED) is 0.774. The van der Waals surface area contributed by atoms with Crippen molar-refractivity contribution in [3.8, 4) is 0 Å². The summed E-state index contributed by atoms with van der Waals surface area (Å²) in [6, 6.07) is 6.40. The summed E-state index contributed by atoms with van der Waals surface area (Å²) in [6.45, 7) is 0.601. The zero-order chi connectivity index (χ0) is 10.6. The first-order valence-electron chi connectivity index (χ1n) is 4.25. The number of benzene rings is 1. The number of alkyl halides is 1. The van der Waals surface area contributed by atoms with Crippen LogP contribution in [0.25, 0.3) is 0 Å². The van der Waals surface area contributed by atoms with Gasteiger partial charge in [-0.2, -0.15) is 0 Å². The van der Waals surface area contributed by atoms with Crippen molar-refractivity contribution in [1.29, 1.82) is 0 Å². The van der Waals surface area contributed by atoms with E-state index in [-0.39, 0.29) is 5.91 Å². The van der Waals surface area contributed by atoms with Gasteiger partial charge in [0.1, 0.15) is 12.8 Å². The monoisotopic (exact) mass is 197 g/mol. The Morgan fingerprint density at radius 3 is 2.50 bits per heavy atom. The summed E-state index contributed by atoms with van der Waals surface area (Å²) >= 11 is 0. The van der Waals surface area contributed by atoms with Crippen LogP contribution in [0.4, 0.5) is 10.1 Å². The average Bonchev–Trinajstić information content (AvgIpc) is 2.17. The molecule has 1 unspecified atom stereocenters. The molecule has 1 atom stereocenters. The Bertz CT molecular complexity index is 310. The summed E-state index contributed by atoms with van der Waals surface area (Å²) < 4.78 is 12.1. The first-order chi connectivity index (χ1) is 6.63. The number of amides is 1. The molecule has 1 aromatic rings. The molecule has 1 amide bonds. The normalized spacial score (nSPS) is 12.2. The molecule has 0 aliphatic heterocycles. The Morgan fingerprint density at radius 2 is 2.07 bits per heavy atom. The first-order valence-corrected chi connectivity index (χ1v) is 4.25. The minimum Gasteiger partial charge on any atom is -0.386 e. The molecule has 0 bridgehead atoms. The van der Waals surface area contributed by atoms with Gasteiger partial charge in [-0.25, -0.2) is 4.39 Å². The van der Waals surface area contributed by atoms with Gasteiger partial charge in [0.15, 0.2) is 0 Å². The second kappa shape index (κ2) is 4.72. The van der Waals surface area contributed by atoms with E-state index in [0.29, 0.717) is 11.3 Å². The number of hydrogen-bond donors (Lipinski definition) is 2. The minimum absolute atomic E-state index is 0.163. The molecule has 0 aromatic heterocycles. The fourth-order valence-corrected chi connectivity index (χ4v) is 1.08. The van der Waals surface area contributed by atoms with E-state index in [0.717, 1.165) is 0 Å². The molecule has 1 aromatic carbocycles. The fraction of sp³-hybridized carbons (Fsp3) is 0.300. The van der Waals surface area contributed by atoms with Crippen LogP contribution in [-0.2, 0) is 4.79 Å². The van der Waals surface area contributed by atoms with E-state index in [1.165, 1.54) is 6.92 Å². The Morgan fingerprint density at radius 1 is 1.50 bits per heavy atom. The highest BCUT2D eigenvalue weighted by Crippen LogP contribution is 2.16. The third-order valence-corrected chi connectivity index (χ3v) is 1.76. The fourth-order valence-electron chi connectivity index (χ4n) is 1.08. The third kappa shape index (κ3) is 2.81. The molecule has 14 heavy (non-hydrogen) atoms. The standard InChI is InChI=1S/C10H12FNO2/c1-7(13)12-9-4-2-8(3-5-9)10(14)6-11/h2-5,10,14H,6H2,1H3,(H,12,13). The van der Waals surface area contributed by atoms with Gasteiger partial charge in [-0.15, -0.1) is 0 Å². The largest absolute Gasteiger partial charge is 0.386 e. The number of rotatable bonds is 3. The molecule has 76 valence electrons. The number of carbonyl (C=O) groups excluding carboxylic acids is 1. The third-order valence-electron chi connectivity index (χ3n) is 1.76. The maximum atomic E-state index is 12.1. The van der Waals surface area contributed by atoms with Crippen molar-refractivity contribution in [3.63, 3.8) is 0 Å². The number of carbonyl (C=O) groups is 1. The number of aliphatic hydroxyl groups excluding tert-OH is 1. The van der Waals surface area contributed by atoms with Crippen LogP contribution in [0.15, 0.2) is 24.3 Å². The maximum Gasteiger partial charge on any atom is 0.221 e.